The summed E-state index contributed by atoms with van der Waals surface area (Å²) in [5.74, 6) is 0. The number of rotatable bonds is 5. The number of fused-ring (bicyclic) bond motifs is 6. The van der Waals surface area contributed by atoms with Crippen LogP contribution in [-0.2, 0) is 5.41 Å². The zero-order chi connectivity index (χ0) is 35.4. The molecule has 0 spiro atoms. The summed E-state index contributed by atoms with van der Waals surface area (Å²) in [6.07, 6.45) is 0. The van der Waals surface area contributed by atoms with Crippen LogP contribution in [0.1, 0.15) is 27.8 Å². The van der Waals surface area contributed by atoms with Crippen LogP contribution in [0.25, 0.3) is 66.6 Å². The van der Waals surface area contributed by atoms with Gasteiger partial charge in [0.15, 0.2) is 0 Å². The minimum absolute atomic E-state index is 0.575. The fourth-order valence-electron chi connectivity index (χ4n) is 8.43. The highest BCUT2D eigenvalue weighted by molar-refractivity contribution is 6.05. The van der Waals surface area contributed by atoms with Crippen LogP contribution in [0.5, 0.6) is 0 Å². The van der Waals surface area contributed by atoms with Crippen molar-refractivity contribution in [3.05, 3.63) is 216 Å². The van der Waals surface area contributed by atoms with Crippen LogP contribution >= 0.6 is 0 Å². The molecule has 0 radical (unpaired) electrons. The maximum Gasteiger partial charge on any atom is 0.0998 e. The van der Waals surface area contributed by atoms with Crippen molar-refractivity contribution in [2.24, 2.45) is 0 Å². The molecule has 0 saturated heterocycles. The molecule has 0 atom stereocenters. The van der Waals surface area contributed by atoms with Crippen LogP contribution in [0.3, 0.4) is 0 Å². The van der Waals surface area contributed by atoms with E-state index in [-0.39, 0.29) is 0 Å². The van der Waals surface area contributed by atoms with E-state index in [4.69, 9.17) is 9.97 Å². The second-order valence-electron chi connectivity index (χ2n) is 13.6. The van der Waals surface area contributed by atoms with Crippen molar-refractivity contribution >= 4 is 21.8 Å². The van der Waals surface area contributed by atoms with Gasteiger partial charge in [0, 0.05) is 27.5 Å². The molecule has 0 N–H and O–H groups in total. The lowest BCUT2D eigenvalue weighted by atomic mass is 9.67. The Kier molecular flexibility index (Phi) is 7.09. The number of hydrogen-bond acceptors (Lipinski definition) is 3. The summed E-state index contributed by atoms with van der Waals surface area (Å²) in [4.78, 5) is 10.6. The summed E-state index contributed by atoms with van der Waals surface area (Å²) in [6.45, 7) is 0. The Labute approximate surface area is 308 Å². The molecule has 1 aliphatic rings. The molecule has 3 nitrogen and oxygen atoms in total. The van der Waals surface area contributed by atoms with Crippen LogP contribution in [0.4, 0.5) is 0 Å². The van der Waals surface area contributed by atoms with E-state index < -0.39 is 5.41 Å². The topological polar surface area (TPSA) is 49.6 Å². The fraction of sp³-hybridized carbons (Fsp3) is 0.0200. The maximum atomic E-state index is 10.4. The average Bonchev–Trinajstić information content (AvgIpc) is 3.53. The minimum atomic E-state index is -0.575. The van der Waals surface area contributed by atoms with Gasteiger partial charge in [0.05, 0.1) is 39.5 Å². The molecule has 0 fully saturated rings. The van der Waals surface area contributed by atoms with Crippen LogP contribution in [0.15, 0.2) is 188 Å². The number of nitriles is 1. The van der Waals surface area contributed by atoms with Gasteiger partial charge in [0.25, 0.3) is 0 Å². The van der Waals surface area contributed by atoms with Gasteiger partial charge in [0.1, 0.15) is 0 Å². The van der Waals surface area contributed by atoms with Gasteiger partial charge >= 0.3 is 0 Å². The molecule has 53 heavy (non-hydrogen) atoms. The smallest absolute Gasteiger partial charge is 0.0998 e. The van der Waals surface area contributed by atoms with Gasteiger partial charge in [-0.05, 0) is 69.3 Å². The summed E-state index contributed by atoms with van der Waals surface area (Å²) < 4.78 is 0. The third kappa shape index (κ3) is 4.74. The van der Waals surface area contributed by atoms with Crippen LogP contribution in [0.2, 0.25) is 0 Å². The molecule has 0 saturated carbocycles. The van der Waals surface area contributed by atoms with E-state index in [1.807, 2.05) is 36.4 Å². The Hall–Kier alpha value is -7.15. The lowest BCUT2D eigenvalue weighted by molar-refractivity contribution is 0.769. The summed E-state index contributed by atoms with van der Waals surface area (Å²) in [6, 6.07) is 68.4. The van der Waals surface area contributed by atoms with Crippen molar-refractivity contribution in [1.82, 2.24) is 9.97 Å². The second-order valence-corrected chi connectivity index (χ2v) is 13.6. The van der Waals surface area contributed by atoms with Gasteiger partial charge in [-0.25, -0.2) is 9.97 Å². The molecule has 246 valence electrons. The van der Waals surface area contributed by atoms with Gasteiger partial charge in [0.2, 0.25) is 0 Å². The van der Waals surface area contributed by atoms with Crippen LogP contribution < -0.4 is 0 Å². The van der Waals surface area contributed by atoms with Crippen molar-refractivity contribution < 1.29 is 0 Å². The molecule has 0 amide bonds. The highest BCUT2D eigenvalue weighted by atomic mass is 14.8. The number of pyridine rings is 2. The predicted octanol–water partition coefficient (Wildman–Crippen LogP) is 12.0. The van der Waals surface area contributed by atoms with Crippen molar-refractivity contribution in [3.8, 4) is 50.8 Å². The molecule has 0 bridgehead atoms. The van der Waals surface area contributed by atoms with E-state index in [1.54, 1.807) is 0 Å². The number of hydrogen-bond donors (Lipinski definition) is 0. The average molecular weight is 674 g/mol. The molecule has 0 unspecified atom stereocenters. The van der Waals surface area contributed by atoms with E-state index in [0.717, 1.165) is 61.0 Å². The largest absolute Gasteiger partial charge is 0.245 e. The Morgan fingerprint density at radius 1 is 0.396 bits per heavy atom. The first-order valence-electron chi connectivity index (χ1n) is 17.9. The minimum Gasteiger partial charge on any atom is -0.245 e. The van der Waals surface area contributed by atoms with E-state index in [0.29, 0.717) is 5.56 Å². The Morgan fingerprint density at radius 2 is 0.925 bits per heavy atom. The first-order valence-corrected chi connectivity index (χ1v) is 17.9. The predicted molar refractivity (Wildman–Crippen MR) is 215 cm³/mol. The van der Waals surface area contributed by atoms with Gasteiger partial charge < -0.3 is 0 Å². The highest BCUT2D eigenvalue weighted by Crippen LogP contribution is 2.58. The molecular weight excluding hydrogens is 643 g/mol. The summed E-state index contributed by atoms with van der Waals surface area (Å²) in [5.41, 5.74) is 14.5. The van der Waals surface area contributed by atoms with E-state index in [9.17, 15) is 5.26 Å². The monoisotopic (exact) mass is 673 g/mol. The van der Waals surface area contributed by atoms with Gasteiger partial charge in [-0.1, -0.05) is 158 Å². The van der Waals surface area contributed by atoms with Gasteiger partial charge in [-0.3, -0.25) is 0 Å². The van der Waals surface area contributed by atoms with Crippen molar-refractivity contribution in [2.45, 2.75) is 5.41 Å². The summed E-state index contributed by atoms with van der Waals surface area (Å²) >= 11 is 0. The summed E-state index contributed by atoms with van der Waals surface area (Å²) in [7, 11) is 0. The maximum absolute atomic E-state index is 10.4. The second kappa shape index (κ2) is 12.3. The summed E-state index contributed by atoms with van der Waals surface area (Å²) in [5, 5.41) is 12.5. The lowest BCUT2D eigenvalue weighted by Gasteiger charge is -2.34. The zero-order valence-corrected chi connectivity index (χ0v) is 28.7. The number of aromatic nitrogens is 2. The highest BCUT2D eigenvalue weighted by Gasteiger charge is 2.46. The molecule has 3 heteroatoms. The van der Waals surface area contributed by atoms with Gasteiger partial charge in [-0.15, -0.1) is 0 Å². The molecule has 2 aromatic heterocycles. The molecule has 1 aliphatic carbocycles. The third-order valence-electron chi connectivity index (χ3n) is 10.8. The van der Waals surface area contributed by atoms with Crippen LogP contribution in [0, 0.1) is 11.3 Å². The first kappa shape index (κ1) is 30.7. The van der Waals surface area contributed by atoms with E-state index in [1.165, 1.54) is 27.8 Å². The van der Waals surface area contributed by atoms with Crippen LogP contribution in [-0.4, -0.2) is 9.97 Å². The molecule has 2 heterocycles. The standard InChI is InChI=1S/C50H31N3/c51-32-36-16-10-11-21-39(36)41-31-45-42(40-22-12-13-23-44(40)50(45,37-17-6-2-7-18-37)38-19-8-3-9-20-38)30-43(41)47-29-27-35-25-24-34-26-28-46(33-14-4-1-5-15-33)52-48(34)49(35)53-47/h1-31H. The fourth-order valence-corrected chi connectivity index (χ4v) is 8.43. The Morgan fingerprint density at radius 3 is 1.58 bits per heavy atom. The van der Waals surface area contributed by atoms with Crippen molar-refractivity contribution in [3.63, 3.8) is 0 Å². The normalized spacial score (nSPS) is 12.7. The first-order chi connectivity index (χ1) is 26.2. The lowest BCUT2D eigenvalue weighted by Crippen LogP contribution is -2.28. The molecule has 7 aromatic carbocycles. The SMILES string of the molecule is N#Cc1ccccc1-c1cc2c(cc1-c1ccc3ccc4ccc(-c5ccccc5)nc4c3n1)-c1ccccc1C2(c1ccccc1)c1ccccc1. The molecule has 9 aromatic rings. The zero-order valence-electron chi connectivity index (χ0n) is 28.7. The molecular formula is C50H31N3. The molecule has 0 aliphatic heterocycles. The van der Waals surface area contributed by atoms with E-state index >= 15 is 0 Å². The van der Waals surface area contributed by atoms with E-state index in [2.05, 4.69) is 158 Å². The quantitative estimate of drug-likeness (QED) is 0.171. The third-order valence-corrected chi connectivity index (χ3v) is 10.8. The number of nitrogens with zero attached hydrogens (tertiary/aromatic N) is 3. The number of benzene rings is 7. The Bertz CT molecular complexity index is 2850. The van der Waals surface area contributed by atoms with Crippen molar-refractivity contribution in [1.29, 1.82) is 5.26 Å². The van der Waals surface area contributed by atoms with Crippen molar-refractivity contribution in [2.75, 3.05) is 0 Å². The van der Waals surface area contributed by atoms with Gasteiger partial charge in [-0.2, -0.15) is 5.26 Å². The Balaban J connectivity index is 1.30. The molecule has 10 rings (SSSR count).